The van der Waals surface area contributed by atoms with Crippen molar-refractivity contribution >= 4 is 16.8 Å². The Kier molecular flexibility index (Phi) is 5.06. The summed E-state index contributed by atoms with van der Waals surface area (Å²) in [5.74, 6) is 2.34. The molecular formula is C27H30N2O. The van der Waals surface area contributed by atoms with Crippen LogP contribution in [0.4, 0.5) is 0 Å². The first-order valence-electron chi connectivity index (χ1n) is 11.4. The van der Waals surface area contributed by atoms with Gasteiger partial charge in [0.15, 0.2) is 0 Å². The van der Waals surface area contributed by atoms with E-state index in [0.717, 1.165) is 46.0 Å². The standard InChI is InChI=1S/C27H30N2O/c1-3-18-8-11-20(12-9-18)26-16-24(22-6-4-5-7-25(22)29-26)27(30)28-17(2)23-15-19-10-13-21(23)14-19/h4-9,11-12,16-17,19,21,23H,3,10,13-15H2,1-2H3,(H,28,30)/t17-,19+,21+,23-/m1/s1. The minimum atomic E-state index is 0.0234. The van der Waals surface area contributed by atoms with E-state index in [9.17, 15) is 4.79 Å². The van der Waals surface area contributed by atoms with Gasteiger partial charge in [0.05, 0.1) is 16.8 Å². The van der Waals surface area contributed by atoms with Gasteiger partial charge in [-0.05, 0) is 68.1 Å². The van der Waals surface area contributed by atoms with Gasteiger partial charge in [-0.25, -0.2) is 4.98 Å². The number of fused-ring (bicyclic) bond motifs is 3. The Morgan fingerprint density at radius 2 is 1.90 bits per heavy atom. The smallest absolute Gasteiger partial charge is 0.252 e. The molecule has 4 atom stereocenters. The van der Waals surface area contributed by atoms with Gasteiger partial charge in [-0.1, -0.05) is 55.8 Å². The average Bonchev–Trinajstić information content (AvgIpc) is 3.42. The molecule has 2 aromatic carbocycles. The molecule has 3 aromatic rings. The molecule has 3 heteroatoms. The number of para-hydroxylation sites is 1. The van der Waals surface area contributed by atoms with Gasteiger partial charge >= 0.3 is 0 Å². The lowest BCUT2D eigenvalue weighted by atomic mass is 9.84. The van der Waals surface area contributed by atoms with E-state index in [2.05, 4.69) is 43.4 Å². The van der Waals surface area contributed by atoms with Crippen molar-refractivity contribution in [3.8, 4) is 11.3 Å². The van der Waals surface area contributed by atoms with Crippen molar-refractivity contribution < 1.29 is 4.79 Å². The third-order valence-electron chi connectivity index (χ3n) is 7.41. The number of aromatic nitrogens is 1. The monoisotopic (exact) mass is 398 g/mol. The number of benzene rings is 2. The summed E-state index contributed by atoms with van der Waals surface area (Å²) in [4.78, 5) is 18.2. The number of aryl methyl sites for hydroxylation is 1. The first-order chi connectivity index (χ1) is 14.6. The number of hydrogen-bond donors (Lipinski definition) is 1. The maximum Gasteiger partial charge on any atom is 0.252 e. The summed E-state index contributed by atoms with van der Waals surface area (Å²) in [7, 11) is 0. The number of rotatable bonds is 5. The van der Waals surface area contributed by atoms with Crippen LogP contribution in [-0.4, -0.2) is 16.9 Å². The Bertz CT molecular complexity index is 1070. The average molecular weight is 399 g/mol. The van der Waals surface area contributed by atoms with Gasteiger partial charge in [-0.2, -0.15) is 0 Å². The number of carbonyl (C=O) groups is 1. The number of nitrogens with one attached hydrogen (secondary N) is 1. The zero-order valence-corrected chi connectivity index (χ0v) is 17.9. The lowest BCUT2D eigenvalue weighted by molar-refractivity contribution is 0.0917. The topological polar surface area (TPSA) is 42.0 Å². The van der Waals surface area contributed by atoms with E-state index in [0.29, 0.717) is 5.92 Å². The summed E-state index contributed by atoms with van der Waals surface area (Å²) < 4.78 is 0. The summed E-state index contributed by atoms with van der Waals surface area (Å²) in [6.45, 7) is 4.35. The van der Waals surface area contributed by atoms with Crippen LogP contribution in [0.15, 0.2) is 54.6 Å². The highest BCUT2D eigenvalue weighted by atomic mass is 16.1. The van der Waals surface area contributed by atoms with E-state index in [1.54, 1.807) is 0 Å². The number of carbonyl (C=O) groups excluding carboxylic acids is 1. The van der Waals surface area contributed by atoms with E-state index in [-0.39, 0.29) is 11.9 Å². The zero-order chi connectivity index (χ0) is 20.7. The van der Waals surface area contributed by atoms with E-state index < -0.39 is 0 Å². The van der Waals surface area contributed by atoms with Gasteiger partial charge in [-0.3, -0.25) is 4.79 Å². The normalized spacial score (nSPS) is 23.6. The van der Waals surface area contributed by atoms with Crippen molar-refractivity contribution in [1.29, 1.82) is 0 Å². The summed E-state index contributed by atoms with van der Waals surface area (Å²) in [5, 5.41) is 4.27. The zero-order valence-electron chi connectivity index (χ0n) is 17.9. The molecule has 0 unspecified atom stereocenters. The van der Waals surface area contributed by atoms with Gasteiger partial charge in [0.2, 0.25) is 0 Å². The van der Waals surface area contributed by atoms with Gasteiger partial charge < -0.3 is 5.32 Å². The SMILES string of the molecule is CCc1ccc(-c2cc(C(=O)N[C@H](C)[C@H]3C[C@H]4CC[C@H]3C4)c3ccccc3n2)cc1. The van der Waals surface area contributed by atoms with Crippen molar-refractivity contribution in [2.24, 2.45) is 17.8 Å². The maximum absolute atomic E-state index is 13.4. The molecule has 0 radical (unpaired) electrons. The van der Waals surface area contributed by atoms with Crippen LogP contribution >= 0.6 is 0 Å². The molecule has 2 saturated carbocycles. The van der Waals surface area contributed by atoms with Crippen LogP contribution in [0.2, 0.25) is 0 Å². The number of amides is 1. The summed E-state index contributed by atoms with van der Waals surface area (Å²) in [6, 6.07) is 18.6. The minimum Gasteiger partial charge on any atom is -0.349 e. The molecule has 5 rings (SSSR count). The lowest BCUT2D eigenvalue weighted by Gasteiger charge is -2.28. The summed E-state index contributed by atoms with van der Waals surface area (Å²) in [5.41, 5.74) is 4.80. The molecule has 154 valence electrons. The van der Waals surface area contributed by atoms with Gasteiger partial charge in [0, 0.05) is 17.0 Å². The predicted molar refractivity (Wildman–Crippen MR) is 122 cm³/mol. The second kappa shape index (κ2) is 7.86. The first kappa shape index (κ1) is 19.3. The Morgan fingerprint density at radius 1 is 1.10 bits per heavy atom. The van der Waals surface area contributed by atoms with Crippen molar-refractivity contribution in [2.75, 3.05) is 0 Å². The fraction of sp³-hybridized carbons (Fsp3) is 0.407. The van der Waals surface area contributed by atoms with Crippen LogP contribution in [-0.2, 0) is 6.42 Å². The molecule has 1 aromatic heterocycles. The molecule has 2 bridgehead atoms. The highest BCUT2D eigenvalue weighted by molar-refractivity contribution is 6.07. The highest BCUT2D eigenvalue weighted by Gasteiger charge is 2.42. The predicted octanol–water partition coefficient (Wildman–Crippen LogP) is 6.02. The molecular weight excluding hydrogens is 368 g/mol. The molecule has 2 fully saturated rings. The first-order valence-corrected chi connectivity index (χ1v) is 11.4. The van der Waals surface area contributed by atoms with E-state index in [4.69, 9.17) is 4.98 Å². The molecule has 1 N–H and O–H groups in total. The number of nitrogens with zero attached hydrogens (tertiary/aromatic N) is 1. The van der Waals surface area contributed by atoms with Gasteiger partial charge in [0.25, 0.3) is 5.91 Å². The molecule has 1 heterocycles. The molecule has 30 heavy (non-hydrogen) atoms. The van der Waals surface area contributed by atoms with Crippen LogP contribution < -0.4 is 5.32 Å². The van der Waals surface area contributed by atoms with Crippen LogP contribution in [0.3, 0.4) is 0 Å². The summed E-state index contributed by atoms with van der Waals surface area (Å²) in [6.07, 6.45) is 6.38. The van der Waals surface area contributed by atoms with E-state index in [1.165, 1.54) is 31.2 Å². The van der Waals surface area contributed by atoms with Crippen LogP contribution in [0, 0.1) is 17.8 Å². The third-order valence-corrected chi connectivity index (χ3v) is 7.41. The Balaban J connectivity index is 1.46. The quantitative estimate of drug-likeness (QED) is 0.571. The maximum atomic E-state index is 13.4. The number of hydrogen-bond acceptors (Lipinski definition) is 2. The molecule has 0 spiro atoms. The molecule has 1 amide bonds. The second-order valence-electron chi connectivity index (χ2n) is 9.22. The lowest BCUT2D eigenvalue weighted by Crippen LogP contribution is -2.40. The Hall–Kier alpha value is -2.68. The van der Waals surface area contributed by atoms with Crippen molar-refractivity contribution in [1.82, 2.24) is 10.3 Å². The van der Waals surface area contributed by atoms with Crippen LogP contribution in [0.5, 0.6) is 0 Å². The van der Waals surface area contributed by atoms with Crippen LogP contribution in [0.25, 0.3) is 22.2 Å². The fourth-order valence-electron chi connectivity index (χ4n) is 5.72. The van der Waals surface area contributed by atoms with Gasteiger partial charge in [0.1, 0.15) is 0 Å². The number of pyridine rings is 1. The molecule has 0 aliphatic heterocycles. The summed E-state index contributed by atoms with van der Waals surface area (Å²) >= 11 is 0. The van der Waals surface area contributed by atoms with Crippen molar-refractivity contribution in [2.45, 2.75) is 52.0 Å². The van der Waals surface area contributed by atoms with Crippen molar-refractivity contribution in [3.05, 3.63) is 65.7 Å². The van der Waals surface area contributed by atoms with E-state index >= 15 is 0 Å². The minimum absolute atomic E-state index is 0.0234. The second-order valence-corrected chi connectivity index (χ2v) is 9.22. The largest absolute Gasteiger partial charge is 0.349 e. The molecule has 2 aliphatic rings. The Morgan fingerprint density at radius 3 is 2.60 bits per heavy atom. The highest BCUT2D eigenvalue weighted by Crippen LogP contribution is 2.49. The van der Waals surface area contributed by atoms with Crippen LogP contribution in [0.1, 0.15) is 55.5 Å². The Labute approximate surface area is 178 Å². The van der Waals surface area contributed by atoms with Crippen molar-refractivity contribution in [3.63, 3.8) is 0 Å². The molecule has 2 aliphatic carbocycles. The third kappa shape index (κ3) is 3.51. The fourth-order valence-corrected chi connectivity index (χ4v) is 5.72. The molecule has 3 nitrogen and oxygen atoms in total. The van der Waals surface area contributed by atoms with E-state index in [1.807, 2.05) is 30.3 Å². The molecule has 0 saturated heterocycles. The van der Waals surface area contributed by atoms with Gasteiger partial charge in [-0.15, -0.1) is 0 Å².